The second-order valence-electron chi connectivity index (χ2n) is 5.57. The van der Waals surface area contributed by atoms with Crippen LogP contribution in [0.3, 0.4) is 0 Å². The number of hydrogen-bond donors (Lipinski definition) is 1. The molecular formula is C13H19FN2O2S. The largest absolute Gasteiger partial charge is 0.323 e. The third kappa shape index (κ3) is 2.40. The maximum Gasteiger partial charge on any atom is 0.243 e. The number of hydrogen-bond acceptors (Lipinski definition) is 3. The molecule has 106 valence electrons. The number of benzene rings is 1. The quantitative estimate of drug-likeness (QED) is 0.915. The van der Waals surface area contributed by atoms with Gasteiger partial charge in [0.2, 0.25) is 10.0 Å². The SMILES string of the molecule is Cc1ccc(F)cc1S(=O)(=O)N1CC(N)(C(C)C)C1. The Labute approximate surface area is 113 Å². The zero-order valence-electron chi connectivity index (χ0n) is 11.4. The molecule has 2 N–H and O–H groups in total. The lowest BCUT2D eigenvalue weighted by Gasteiger charge is -2.49. The van der Waals surface area contributed by atoms with Gasteiger partial charge in [0.25, 0.3) is 0 Å². The Morgan fingerprint density at radius 3 is 2.47 bits per heavy atom. The summed E-state index contributed by atoms with van der Waals surface area (Å²) in [7, 11) is -3.65. The third-order valence-corrected chi connectivity index (χ3v) is 5.79. The van der Waals surface area contributed by atoms with Crippen LogP contribution in [0.15, 0.2) is 23.1 Å². The topological polar surface area (TPSA) is 63.4 Å². The molecule has 0 unspecified atom stereocenters. The van der Waals surface area contributed by atoms with E-state index in [-0.39, 0.29) is 23.9 Å². The van der Waals surface area contributed by atoms with Gasteiger partial charge in [0.05, 0.1) is 4.90 Å². The van der Waals surface area contributed by atoms with E-state index in [1.165, 1.54) is 16.4 Å². The van der Waals surface area contributed by atoms with E-state index in [2.05, 4.69) is 0 Å². The first-order valence-electron chi connectivity index (χ1n) is 6.22. The van der Waals surface area contributed by atoms with Crippen molar-refractivity contribution in [3.05, 3.63) is 29.6 Å². The summed E-state index contributed by atoms with van der Waals surface area (Å²) in [6.07, 6.45) is 0. The van der Waals surface area contributed by atoms with Gasteiger partial charge in [-0.2, -0.15) is 4.31 Å². The molecule has 1 aromatic rings. The fraction of sp³-hybridized carbons (Fsp3) is 0.538. The first-order valence-corrected chi connectivity index (χ1v) is 7.66. The molecule has 0 atom stereocenters. The molecule has 4 nitrogen and oxygen atoms in total. The van der Waals surface area contributed by atoms with E-state index in [1.807, 2.05) is 13.8 Å². The molecule has 0 radical (unpaired) electrons. The van der Waals surface area contributed by atoms with Crippen LogP contribution in [0.4, 0.5) is 4.39 Å². The van der Waals surface area contributed by atoms with Gasteiger partial charge >= 0.3 is 0 Å². The van der Waals surface area contributed by atoms with E-state index in [0.717, 1.165) is 6.07 Å². The lowest BCUT2D eigenvalue weighted by molar-refractivity contribution is 0.110. The average molecular weight is 286 g/mol. The first kappa shape index (κ1) is 14.4. The molecule has 1 aromatic carbocycles. The molecule has 2 rings (SSSR count). The number of aryl methyl sites for hydroxylation is 1. The fourth-order valence-electron chi connectivity index (χ4n) is 2.14. The van der Waals surface area contributed by atoms with E-state index in [0.29, 0.717) is 5.56 Å². The summed E-state index contributed by atoms with van der Waals surface area (Å²) in [5.74, 6) is -0.347. The standard InChI is InChI=1S/C13H19FN2O2S/c1-9(2)13(15)7-16(8-13)19(17,18)12-6-11(14)5-4-10(12)3/h4-6,9H,7-8,15H2,1-3H3. The van der Waals surface area contributed by atoms with Crippen molar-refractivity contribution in [1.82, 2.24) is 4.31 Å². The summed E-state index contributed by atoms with van der Waals surface area (Å²) in [5.41, 5.74) is 6.16. The zero-order chi connectivity index (χ0) is 14.4. The highest BCUT2D eigenvalue weighted by atomic mass is 32.2. The molecule has 0 amide bonds. The number of sulfonamides is 1. The van der Waals surface area contributed by atoms with E-state index >= 15 is 0 Å². The molecule has 1 saturated heterocycles. The van der Waals surface area contributed by atoms with Crippen LogP contribution in [-0.2, 0) is 10.0 Å². The van der Waals surface area contributed by atoms with Crippen molar-refractivity contribution in [2.75, 3.05) is 13.1 Å². The molecule has 6 heteroatoms. The smallest absolute Gasteiger partial charge is 0.243 e. The van der Waals surface area contributed by atoms with Gasteiger partial charge in [-0.05, 0) is 30.5 Å². The van der Waals surface area contributed by atoms with E-state index < -0.39 is 21.4 Å². The average Bonchev–Trinajstić information content (AvgIpc) is 2.27. The zero-order valence-corrected chi connectivity index (χ0v) is 12.2. The molecule has 0 aromatic heterocycles. The third-order valence-electron chi connectivity index (χ3n) is 3.86. The minimum absolute atomic E-state index is 0.0262. The highest BCUT2D eigenvalue weighted by molar-refractivity contribution is 7.89. The minimum Gasteiger partial charge on any atom is -0.323 e. The molecule has 0 saturated carbocycles. The predicted molar refractivity (Wildman–Crippen MR) is 71.7 cm³/mol. The van der Waals surface area contributed by atoms with Crippen molar-refractivity contribution >= 4 is 10.0 Å². The van der Waals surface area contributed by atoms with Gasteiger partial charge in [-0.15, -0.1) is 0 Å². The molecule has 0 spiro atoms. The number of halogens is 1. The summed E-state index contributed by atoms with van der Waals surface area (Å²) in [5, 5.41) is 0. The molecule has 0 bridgehead atoms. The Bertz CT molecular complexity index is 593. The second-order valence-corrected chi connectivity index (χ2v) is 7.48. The van der Waals surface area contributed by atoms with Crippen LogP contribution in [0.5, 0.6) is 0 Å². The van der Waals surface area contributed by atoms with E-state index in [1.54, 1.807) is 6.92 Å². The van der Waals surface area contributed by atoms with Gasteiger partial charge in [0, 0.05) is 18.6 Å². The minimum atomic E-state index is -3.65. The molecule has 19 heavy (non-hydrogen) atoms. The Kier molecular flexibility index (Phi) is 3.45. The Hall–Kier alpha value is -0.980. The molecular weight excluding hydrogens is 267 g/mol. The summed E-state index contributed by atoms with van der Waals surface area (Å²) < 4.78 is 39.4. The Morgan fingerprint density at radius 1 is 1.37 bits per heavy atom. The molecule has 1 fully saturated rings. The van der Waals surface area contributed by atoms with Gasteiger partial charge < -0.3 is 5.73 Å². The maximum absolute atomic E-state index is 13.2. The monoisotopic (exact) mass is 286 g/mol. The highest BCUT2D eigenvalue weighted by Crippen LogP contribution is 2.32. The van der Waals surface area contributed by atoms with Crippen molar-refractivity contribution < 1.29 is 12.8 Å². The van der Waals surface area contributed by atoms with Crippen LogP contribution >= 0.6 is 0 Å². The van der Waals surface area contributed by atoms with Crippen LogP contribution < -0.4 is 5.73 Å². The summed E-state index contributed by atoms with van der Waals surface area (Å²) in [6.45, 7) is 6.16. The first-order chi connectivity index (χ1) is 8.67. The molecule has 1 heterocycles. The van der Waals surface area contributed by atoms with Crippen molar-refractivity contribution in [3.8, 4) is 0 Å². The van der Waals surface area contributed by atoms with Gasteiger partial charge in [-0.1, -0.05) is 19.9 Å². The van der Waals surface area contributed by atoms with Crippen molar-refractivity contribution in [1.29, 1.82) is 0 Å². The van der Waals surface area contributed by atoms with Gasteiger partial charge in [0.15, 0.2) is 0 Å². The number of nitrogens with zero attached hydrogens (tertiary/aromatic N) is 1. The van der Waals surface area contributed by atoms with Crippen LogP contribution in [-0.4, -0.2) is 31.4 Å². The summed E-state index contributed by atoms with van der Waals surface area (Å²) in [4.78, 5) is 0.0262. The number of rotatable bonds is 3. The highest BCUT2D eigenvalue weighted by Gasteiger charge is 2.47. The van der Waals surface area contributed by atoms with E-state index in [4.69, 9.17) is 5.73 Å². The van der Waals surface area contributed by atoms with Gasteiger partial charge in [-0.25, -0.2) is 12.8 Å². The lowest BCUT2D eigenvalue weighted by atomic mass is 9.82. The van der Waals surface area contributed by atoms with Crippen LogP contribution in [0.2, 0.25) is 0 Å². The van der Waals surface area contributed by atoms with Crippen LogP contribution in [0.25, 0.3) is 0 Å². The van der Waals surface area contributed by atoms with Crippen molar-refractivity contribution in [2.24, 2.45) is 11.7 Å². The lowest BCUT2D eigenvalue weighted by Crippen LogP contribution is -2.70. The van der Waals surface area contributed by atoms with Crippen LogP contribution in [0.1, 0.15) is 19.4 Å². The maximum atomic E-state index is 13.2. The van der Waals surface area contributed by atoms with Crippen LogP contribution in [0, 0.1) is 18.7 Å². The normalized spacial score (nSPS) is 19.5. The second kappa shape index (κ2) is 4.54. The predicted octanol–water partition coefficient (Wildman–Crippen LogP) is 1.49. The van der Waals surface area contributed by atoms with E-state index in [9.17, 15) is 12.8 Å². The number of nitrogens with two attached hydrogens (primary N) is 1. The van der Waals surface area contributed by atoms with Gasteiger partial charge in [-0.3, -0.25) is 0 Å². The summed E-state index contributed by atoms with van der Waals surface area (Å²) >= 11 is 0. The molecule has 1 aliphatic heterocycles. The summed E-state index contributed by atoms with van der Waals surface area (Å²) in [6, 6.07) is 3.79. The fourth-order valence-corrected chi connectivity index (χ4v) is 3.97. The molecule has 1 aliphatic rings. The Balaban J connectivity index is 2.29. The van der Waals surface area contributed by atoms with Gasteiger partial charge in [0.1, 0.15) is 5.82 Å². The van der Waals surface area contributed by atoms with Crippen molar-refractivity contribution in [3.63, 3.8) is 0 Å². The molecule has 0 aliphatic carbocycles. The Morgan fingerprint density at radius 2 is 1.95 bits per heavy atom. The van der Waals surface area contributed by atoms with Crippen molar-refractivity contribution in [2.45, 2.75) is 31.2 Å².